The smallest absolute Gasteiger partial charge is 0.255 e. The van der Waals surface area contributed by atoms with Crippen LogP contribution in [0.25, 0.3) is 0 Å². The predicted octanol–water partition coefficient (Wildman–Crippen LogP) is 1.73. The average Bonchev–Trinajstić information content (AvgIpc) is 2.29. The van der Waals surface area contributed by atoms with Crippen LogP contribution < -0.4 is 5.32 Å². The molecule has 0 aliphatic carbocycles. The molecule has 1 atom stereocenters. The number of hydrogen-bond acceptors (Lipinski definition) is 2. The molecule has 1 aliphatic rings. The van der Waals surface area contributed by atoms with E-state index in [2.05, 4.69) is 34.8 Å². The van der Waals surface area contributed by atoms with E-state index in [0.717, 1.165) is 28.8 Å². The molecule has 0 unspecified atom stereocenters. The predicted molar refractivity (Wildman–Crippen MR) is 72.5 cm³/mol. The van der Waals surface area contributed by atoms with Gasteiger partial charge in [-0.3, -0.25) is 4.79 Å². The highest BCUT2D eigenvalue weighted by Gasteiger charge is 2.22. The van der Waals surface area contributed by atoms with Gasteiger partial charge in [-0.1, -0.05) is 12.1 Å². The zero-order chi connectivity index (χ0) is 11.5. The molecule has 3 nitrogen and oxygen atoms in total. The summed E-state index contributed by atoms with van der Waals surface area (Å²) >= 11 is 2.21. The van der Waals surface area contributed by atoms with Gasteiger partial charge < -0.3 is 10.2 Å². The van der Waals surface area contributed by atoms with E-state index in [-0.39, 0.29) is 5.91 Å². The zero-order valence-corrected chi connectivity index (χ0v) is 11.4. The van der Waals surface area contributed by atoms with Gasteiger partial charge in [0.25, 0.3) is 5.91 Å². The minimum atomic E-state index is 0.151. The van der Waals surface area contributed by atoms with Crippen LogP contribution in [0.5, 0.6) is 0 Å². The van der Waals surface area contributed by atoms with E-state index in [1.165, 1.54) is 0 Å². The van der Waals surface area contributed by atoms with Gasteiger partial charge in [-0.15, -0.1) is 0 Å². The highest BCUT2D eigenvalue weighted by atomic mass is 127. The third kappa shape index (κ3) is 2.55. The van der Waals surface area contributed by atoms with Gasteiger partial charge in [0, 0.05) is 29.2 Å². The maximum Gasteiger partial charge on any atom is 0.255 e. The van der Waals surface area contributed by atoms with Crippen molar-refractivity contribution in [1.82, 2.24) is 10.2 Å². The first-order valence-corrected chi connectivity index (χ1v) is 6.53. The number of carbonyl (C=O) groups excluding carboxylic acids is 1. The van der Waals surface area contributed by atoms with Crippen molar-refractivity contribution < 1.29 is 4.79 Å². The molecular weight excluding hydrogens is 315 g/mol. The van der Waals surface area contributed by atoms with Crippen molar-refractivity contribution in [1.29, 1.82) is 0 Å². The first-order valence-electron chi connectivity index (χ1n) is 5.45. The molecule has 1 aromatic carbocycles. The van der Waals surface area contributed by atoms with Gasteiger partial charge in [0.2, 0.25) is 0 Å². The quantitative estimate of drug-likeness (QED) is 0.796. The summed E-state index contributed by atoms with van der Waals surface area (Å²) in [6.45, 7) is 4.59. The summed E-state index contributed by atoms with van der Waals surface area (Å²) in [5, 5.41) is 3.34. The van der Waals surface area contributed by atoms with Crippen LogP contribution in [0.2, 0.25) is 0 Å². The Bertz CT molecular complexity index is 394. The van der Waals surface area contributed by atoms with Gasteiger partial charge in [0.1, 0.15) is 0 Å². The largest absolute Gasteiger partial charge is 0.336 e. The Labute approximate surface area is 109 Å². The normalized spacial score (nSPS) is 20.9. The molecule has 4 heteroatoms. The van der Waals surface area contributed by atoms with Gasteiger partial charge >= 0.3 is 0 Å². The van der Waals surface area contributed by atoms with Crippen molar-refractivity contribution in [2.75, 3.05) is 19.6 Å². The molecule has 0 saturated carbocycles. The summed E-state index contributed by atoms with van der Waals surface area (Å²) in [5.74, 6) is 0.151. The SMILES string of the molecule is C[C@H]1CN(C(=O)c2ccccc2I)CCN1. The highest BCUT2D eigenvalue weighted by molar-refractivity contribution is 14.1. The summed E-state index contributed by atoms with van der Waals surface area (Å²) in [4.78, 5) is 14.2. The lowest BCUT2D eigenvalue weighted by molar-refractivity contribution is 0.0708. The number of rotatable bonds is 1. The van der Waals surface area contributed by atoms with Gasteiger partial charge in [0.05, 0.1) is 5.56 Å². The summed E-state index contributed by atoms with van der Waals surface area (Å²) in [5.41, 5.74) is 0.817. The van der Waals surface area contributed by atoms with Crippen molar-refractivity contribution >= 4 is 28.5 Å². The Morgan fingerprint density at radius 3 is 2.94 bits per heavy atom. The number of nitrogens with one attached hydrogen (secondary N) is 1. The van der Waals surface area contributed by atoms with Crippen molar-refractivity contribution in [2.24, 2.45) is 0 Å². The van der Waals surface area contributed by atoms with E-state index in [1.807, 2.05) is 29.2 Å². The molecule has 0 aromatic heterocycles. The number of amides is 1. The van der Waals surface area contributed by atoms with E-state index in [9.17, 15) is 4.79 Å². The molecule has 0 bridgehead atoms. The van der Waals surface area contributed by atoms with Crippen LogP contribution in [-0.2, 0) is 0 Å². The number of halogens is 1. The molecule has 1 heterocycles. The molecule has 1 amide bonds. The number of carbonyl (C=O) groups is 1. The Morgan fingerprint density at radius 1 is 1.50 bits per heavy atom. The lowest BCUT2D eigenvalue weighted by atomic mass is 10.1. The van der Waals surface area contributed by atoms with Crippen LogP contribution in [-0.4, -0.2) is 36.5 Å². The van der Waals surface area contributed by atoms with Crippen molar-refractivity contribution in [3.8, 4) is 0 Å². The molecule has 1 aromatic rings. The topological polar surface area (TPSA) is 32.3 Å². The molecule has 86 valence electrons. The van der Waals surface area contributed by atoms with Crippen LogP contribution >= 0.6 is 22.6 Å². The monoisotopic (exact) mass is 330 g/mol. The van der Waals surface area contributed by atoms with Crippen LogP contribution in [0.1, 0.15) is 17.3 Å². The Morgan fingerprint density at radius 2 is 2.25 bits per heavy atom. The number of benzene rings is 1. The second-order valence-corrected chi connectivity index (χ2v) is 5.25. The molecule has 2 rings (SSSR count). The fraction of sp³-hybridized carbons (Fsp3) is 0.417. The van der Waals surface area contributed by atoms with Crippen LogP contribution in [0, 0.1) is 3.57 Å². The van der Waals surface area contributed by atoms with Crippen molar-refractivity contribution in [3.05, 3.63) is 33.4 Å². The lowest BCUT2D eigenvalue weighted by Gasteiger charge is -2.32. The molecule has 0 radical (unpaired) electrons. The van der Waals surface area contributed by atoms with E-state index in [1.54, 1.807) is 0 Å². The standard InChI is InChI=1S/C12H15IN2O/c1-9-8-15(7-6-14-9)12(16)10-4-2-3-5-11(10)13/h2-5,9,14H,6-8H2,1H3/t9-/m0/s1. The fourth-order valence-corrected chi connectivity index (χ4v) is 2.54. The van der Waals surface area contributed by atoms with Crippen LogP contribution in [0.3, 0.4) is 0 Å². The van der Waals surface area contributed by atoms with Gasteiger partial charge in [0.15, 0.2) is 0 Å². The lowest BCUT2D eigenvalue weighted by Crippen LogP contribution is -2.51. The molecule has 16 heavy (non-hydrogen) atoms. The Kier molecular flexibility index (Phi) is 3.81. The highest BCUT2D eigenvalue weighted by Crippen LogP contribution is 2.15. The maximum atomic E-state index is 12.3. The first-order chi connectivity index (χ1) is 7.68. The van der Waals surface area contributed by atoms with Crippen LogP contribution in [0.4, 0.5) is 0 Å². The van der Waals surface area contributed by atoms with Gasteiger partial charge in [-0.2, -0.15) is 0 Å². The van der Waals surface area contributed by atoms with E-state index >= 15 is 0 Å². The second-order valence-electron chi connectivity index (χ2n) is 4.09. The molecular formula is C12H15IN2O. The average molecular weight is 330 g/mol. The third-order valence-electron chi connectivity index (χ3n) is 2.76. The first kappa shape index (κ1) is 11.9. The number of hydrogen-bond donors (Lipinski definition) is 1. The molecule has 1 saturated heterocycles. The van der Waals surface area contributed by atoms with Gasteiger partial charge in [-0.05, 0) is 41.6 Å². The van der Waals surface area contributed by atoms with Gasteiger partial charge in [-0.25, -0.2) is 0 Å². The van der Waals surface area contributed by atoms with E-state index in [0.29, 0.717) is 6.04 Å². The minimum absolute atomic E-state index is 0.151. The minimum Gasteiger partial charge on any atom is -0.336 e. The summed E-state index contributed by atoms with van der Waals surface area (Å²) in [7, 11) is 0. The molecule has 0 spiro atoms. The number of piperazine rings is 1. The maximum absolute atomic E-state index is 12.3. The molecule has 1 N–H and O–H groups in total. The van der Waals surface area contributed by atoms with E-state index < -0.39 is 0 Å². The molecule has 1 fully saturated rings. The van der Waals surface area contributed by atoms with Crippen molar-refractivity contribution in [3.63, 3.8) is 0 Å². The Hall–Kier alpha value is -0.620. The molecule has 1 aliphatic heterocycles. The summed E-state index contributed by atoms with van der Waals surface area (Å²) < 4.78 is 1.02. The van der Waals surface area contributed by atoms with Crippen LogP contribution in [0.15, 0.2) is 24.3 Å². The summed E-state index contributed by atoms with van der Waals surface area (Å²) in [6.07, 6.45) is 0. The fourth-order valence-electron chi connectivity index (χ4n) is 1.92. The second kappa shape index (κ2) is 5.14. The Balaban J connectivity index is 2.16. The number of nitrogens with zero attached hydrogens (tertiary/aromatic N) is 1. The summed E-state index contributed by atoms with van der Waals surface area (Å²) in [6, 6.07) is 8.13. The zero-order valence-electron chi connectivity index (χ0n) is 9.24. The van der Waals surface area contributed by atoms with E-state index in [4.69, 9.17) is 0 Å². The van der Waals surface area contributed by atoms with Crippen molar-refractivity contribution in [2.45, 2.75) is 13.0 Å². The third-order valence-corrected chi connectivity index (χ3v) is 3.70.